The van der Waals surface area contributed by atoms with Gasteiger partial charge in [0, 0.05) is 18.2 Å². The Balaban J connectivity index is 1.94. The van der Waals surface area contributed by atoms with Crippen molar-refractivity contribution >= 4 is 16.2 Å². The van der Waals surface area contributed by atoms with Crippen LogP contribution in [0.4, 0.5) is 18.0 Å². The monoisotopic (exact) mass is 543 g/mol. The largest absolute Gasteiger partial charge is 0.534 e. The lowest BCUT2D eigenvalue weighted by molar-refractivity contribution is -0.0501. The van der Waals surface area contributed by atoms with Crippen molar-refractivity contribution in [2.24, 2.45) is 0 Å². The molecule has 0 bridgehead atoms. The Morgan fingerprint density at radius 1 is 1.08 bits per heavy atom. The zero-order valence-corrected chi connectivity index (χ0v) is 22.1. The third-order valence-electron chi connectivity index (χ3n) is 5.75. The Morgan fingerprint density at radius 3 is 2.35 bits per heavy atom. The number of fused-ring (bicyclic) bond motifs is 1. The molecule has 0 fully saturated rings. The van der Waals surface area contributed by atoms with Gasteiger partial charge >= 0.3 is 21.7 Å². The second-order valence-corrected chi connectivity index (χ2v) is 11.4. The van der Waals surface area contributed by atoms with Crippen LogP contribution < -0.4 is 8.92 Å². The van der Waals surface area contributed by atoms with E-state index in [1.54, 1.807) is 56.0 Å². The lowest BCUT2D eigenvalue weighted by Crippen LogP contribution is -2.46. The number of hydrogen-bond acceptors (Lipinski definition) is 6. The molecule has 0 aromatic heterocycles. The van der Waals surface area contributed by atoms with Gasteiger partial charge < -0.3 is 18.6 Å². The van der Waals surface area contributed by atoms with E-state index in [-0.39, 0.29) is 24.8 Å². The number of ether oxygens (including phenoxy) is 2. The molecule has 0 aliphatic heterocycles. The number of alkyl halides is 3. The van der Waals surface area contributed by atoms with Crippen molar-refractivity contribution in [2.45, 2.75) is 77.1 Å². The maximum atomic E-state index is 13.2. The molecule has 3 rings (SSSR count). The molecule has 7 nitrogen and oxygen atoms in total. The molecule has 2 aromatic carbocycles. The highest BCUT2D eigenvalue weighted by atomic mass is 32.2. The van der Waals surface area contributed by atoms with E-state index >= 15 is 0 Å². The number of hydrogen-bond donors (Lipinski definition) is 0. The zero-order valence-electron chi connectivity index (χ0n) is 21.3. The maximum absolute atomic E-state index is 13.2. The SMILES string of the molecule is CCCN(C(=O)OC(C)(C)C)[C@H]1CCc2c(ccc(OCc3ccccc3)c2OS(=O)(=O)C(F)(F)F)C1. The molecule has 1 aliphatic carbocycles. The molecule has 11 heteroatoms. The fraction of sp³-hybridized carbons (Fsp3) is 0.500. The van der Waals surface area contributed by atoms with Crippen molar-refractivity contribution in [3.63, 3.8) is 0 Å². The molecule has 0 unspecified atom stereocenters. The van der Waals surface area contributed by atoms with Crippen LogP contribution in [0.3, 0.4) is 0 Å². The van der Waals surface area contributed by atoms with Crippen molar-refractivity contribution in [1.29, 1.82) is 0 Å². The van der Waals surface area contributed by atoms with Crippen molar-refractivity contribution < 1.29 is 40.0 Å². The number of carbonyl (C=O) groups excluding carboxylic acids is 1. The molecule has 1 amide bonds. The minimum atomic E-state index is -5.93. The first kappa shape index (κ1) is 28.6. The summed E-state index contributed by atoms with van der Waals surface area (Å²) in [5.74, 6) is -0.574. The molecule has 0 heterocycles. The highest BCUT2D eigenvalue weighted by molar-refractivity contribution is 7.88. The normalized spacial score (nSPS) is 16.0. The van der Waals surface area contributed by atoms with E-state index in [0.717, 1.165) is 5.56 Å². The van der Waals surface area contributed by atoms with Crippen LogP contribution in [0.1, 0.15) is 57.2 Å². The van der Waals surface area contributed by atoms with Gasteiger partial charge in [-0.25, -0.2) is 4.79 Å². The first-order valence-electron chi connectivity index (χ1n) is 12.0. The fourth-order valence-corrected chi connectivity index (χ4v) is 4.62. The van der Waals surface area contributed by atoms with Gasteiger partial charge in [-0.1, -0.05) is 43.3 Å². The lowest BCUT2D eigenvalue weighted by Gasteiger charge is -2.36. The van der Waals surface area contributed by atoms with Gasteiger partial charge in [-0.15, -0.1) is 0 Å². The van der Waals surface area contributed by atoms with E-state index in [1.165, 1.54) is 6.07 Å². The fourth-order valence-electron chi connectivity index (χ4n) is 4.13. The summed E-state index contributed by atoms with van der Waals surface area (Å²) in [4.78, 5) is 14.5. The van der Waals surface area contributed by atoms with Crippen molar-refractivity contribution in [1.82, 2.24) is 4.90 Å². The molecular formula is C26H32F3NO6S. The Hall–Kier alpha value is -2.95. The predicted molar refractivity (Wildman–Crippen MR) is 132 cm³/mol. The number of nitrogens with zero attached hydrogens (tertiary/aromatic N) is 1. The molecule has 204 valence electrons. The van der Waals surface area contributed by atoms with Crippen LogP contribution in [0.5, 0.6) is 11.5 Å². The summed E-state index contributed by atoms with van der Waals surface area (Å²) < 4.78 is 79.4. The molecular weight excluding hydrogens is 511 g/mol. The summed E-state index contributed by atoms with van der Waals surface area (Å²) in [6.45, 7) is 7.69. The van der Waals surface area contributed by atoms with Crippen molar-refractivity contribution in [2.75, 3.05) is 6.54 Å². The quantitative estimate of drug-likeness (QED) is 0.300. The maximum Gasteiger partial charge on any atom is 0.534 e. The molecule has 0 saturated carbocycles. The smallest absolute Gasteiger partial charge is 0.485 e. The third kappa shape index (κ3) is 7.30. The highest BCUT2D eigenvalue weighted by Gasteiger charge is 2.49. The van der Waals surface area contributed by atoms with Crippen LogP contribution >= 0.6 is 0 Å². The summed E-state index contributed by atoms with van der Waals surface area (Å²) in [6, 6.07) is 11.7. The van der Waals surface area contributed by atoms with Crippen LogP contribution in [0.15, 0.2) is 42.5 Å². The number of amides is 1. The van der Waals surface area contributed by atoms with Gasteiger partial charge in [0.25, 0.3) is 0 Å². The molecule has 2 aromatic rings. The van der Waals surface area contributed by atoms with Crippen LogP contribution in [0, 0.1) is 0 Å². The first-order valence-corrected chi connectivity index (χ1v) is 13.4. The molecule has 0 spiro atoms. The molecule has 37 heavy (non-hydrogen) atoms. The van der Waals surface area contributed by atoms with Crippen LogP contribution in [0.2, 0.25) is 0 Å². The van der Waals surface area contributed by atoms with Gasteiger partial charge in [0.1, 0.15) is 12.2 Å². The summed E-state index contributed by atoms with van der Waals surface area (Å²) >= 11 is 0. The number of rotatable bonds is 8. The molecule has 0 N–H and O–H groups in total. The van der Waals surface area contributed by atoms with E-state index in [9.17, 15) is 26.4 Å². The number of benzene rings is 2. The van der Waals surface area contributed by atoms with Gasteiger partial charge in [0.15, 0.2) is 11.5 Å². The van der Waals surface area contributed by atoms with E-state index in [2.05, 4.69) is 4.18 Å². The Labute approximate surface area is 215 Å². The van der Waals surface area contributed by atoms with E-state index in [0.29, 0.717) is 36.9 Å². The first-order chi connectivity index (χ1) is 17.2. The minimum Gasteiger partial charge on any atom is -0.485 e. The van der Waals surface area contributed by atoms with Gasteiger partial charge in [0.2, 0.25) is 0 Å². The summed E-state index contributed by atoms with van der Waals surface area (Å²) in [5, 5.41) is 0. The average Bonchev–Trinajstić information content (AvgIpc) is 2.80. The van der Waals surface area contributed by atoms with Crippen LogP contribution in [-0.2, 0) is 34.3 Å². The Morgan fingerprint density at radius 2 is 1.76 bits per heavy atom. The Kier molecular flexibility index (Phi) is 8.66. The minimum absolute atomic E-state index is 0.00754. The molecule has 0 saturated heterocycles. The third-order valence-corrected chi connectivity index (χ3v) is 6.70. The highest BCUT2D eigenvalue weighted by Crippen LogP contribution is 2.41. The van der Waals surface area contributed by atoms with Gasteiger partial charge in [-0.05, 0) is 63.6 Å². The van der Waals surface area contributed by atoms with Crippen LogP contribution in [-0.4, -0.2) is 43.1 Å². The molecule has 1 atom stereocenters. The van der Waals surface area contributed by atoms with Crippen molar-refractivity contribution in [3.8, 4) is 11.5 Å². The predicted octanol–water partition coefficient (Wildman–Crippen LogP) is 6.00. The lowest BCUT2D eigenvalue weighted by atomic mass is 9.86. The zero-order chi connectivity index (χ0) is 27.4. The van der Waals surface area contributed by atoms with E-state index in [4.69, 9.17) is 9.47 Å². The summed E-state index contributed by atoms with van der Waals surface area (Å²) in [7, 11) is -5.93. The van der Waals surface area contributed by atoms with E-state index < -0.39 is 33.1 Å². The number of halogens is 3. The van der Waals surface area contributed by atoms with Gasteiger partial charge in [-0.3, -0.25) is 0 Å². The molecule has 1 aliphatic rings. The van der Waals surface area contributed by atoms with Crippen LogP contribution in [0.25, 0.3) is 0 Å². The van der Waals surface area contributed by atoms with Gasteiger partial charge in [0.05, 0.1) is 0 Å². The number of carbonyl (C=O) groups is 1. The Bertz CT molecular complexity index is 1190. The average molecular weight is 544 g/mol. The van der Waals surface area contributed by atoms with E-state index in [1.807, 2.05) is 13.0 Å². The summed E-state index contributed by atoms with van der Waals surface area (Å²) in [5.41, 5.74) is -4.64. The standard InChI is InChI=1S/C26H32F3NO6S/c1-5-15-30(24(31)35-25(2,3)4)20-12-13-21-19(16-20)11-14-22(34-17-18-9-7-6-8-10-18)23(21)36-37(32,33)26(27,28)29/h6-11,14,20H,5,12-13,15-17H2,1-4H3/t20-/m0/s1. The second-order valence-electron chi connectivity index (χ2n) is 9.86. The molecule has 0 radical (unpaired) electrons. The second kappa shape index (κ2) is 11.2. The summed E-state index contributed by atoms with van der Waals surface area (Å²) in [6.07, 6.45) is 1.09. The van der Waals surface area contributed by atoms with Gasteiger partial charge in [-0.2, -0.15) is 21.6 Å². The van der Waals surface area contributed by atoms with Crippen molar-refractivity contribution in [3.05, 3.63) is 59.2 Å². The topological polar surface area (TPSA) is 82.1 Å².